The second-order valence-electron chi connectivity index (χ2n) is 5.97. The fraction of sp³-hybridized carbons (Fsp3) is 0.0500. The van der Waals surface area contributed by atoms with Gasteiger partial charge < -0.3 is 14.6 Å². The predicted octanol–water partition coefficient (Wildman–Crippen LogP) is 0.593. The number of ether oxygens (including phenoxy) is 1. The largest absolute Gasteiger partial charge is 0.546 e. The van der Waals surface area contributed by atoms with Gasteiger partial charge in [0.25, 0.3) is 5.56 Å². The van der Waals surface area contributed by atoms with Crippen LogP contribution in [-0.4, -0.2) is 38.2 Å². The van der Waals surface area contributed by atoms with Gasteiger partial charge in [-0.25, -0.2) is 9.67 Å². The lowest BCUT2D eigenvalue weighted by Crippen LogP contribution is -2.29. The van der Waals surface area contributed by atoms with Crippen molar-refractivity contribution >= 4 is 23.2 Å². The Morgan fingerprint density at radius 2 is 1.90 bits per heavy atom. The summed E-state index contributed by atoms with van der Waals surface area (Å²) in [6, 6.07) is 16.1. The zero-order valence-electron chi connectivity index (χ0n) is 15.0. The minimum Gasteiger partial charge on any atom is -0.546 e. The zero-order chi connectivity index (χ0) is 20.2. The summed E-state index contributed by atoms with van der Waals surface area (Å²) >= 11 is 0. The van der Waals surface area contributed by atoms with Crippen LogP contribution in [0.3, 0.4) is 0 Å². The van der Waals surface area contributed by atoms with Crippen LogP contribution in [0.5, 0.6) is 5.75 Å². The van der Waals surface area contributed by atoms with Crippen LogP contribution in [0.25, 0.3) is 16.7 Å². The van der Waals surface area contributed by atoms with Gasteiger partial charge >= 0.3 is 0 Å². The maximum absolute atomic E-state index is 12.7. The number of hydrogen-bond acceptors (Lipinski definition) is 7. The van der Waals surface area contributed by atoms with Crippen molar-refractivity contribution in [3.05, 3.63) is 83.0 Å². The van der Waals surface area contributed by atoms with Crippen molar-refractivity contribution in [2.45, 2.75) is 0 Å². The van der Waals surface area contributed by atoms with Crippen LogP contribution in [0, 0.1) is 0 Å². The van der Waals surface area contributed by atoms with E-state index in [4.69, 9.17) is 4.74 Å². The molecule has 0 unspecified atom stereocenters. The molecule has 0 spiro atoms. The summed E-state index contributed by atoms with van der Waals surface area (Å²) in [5.41, 5.74) is 1.32. The number of nitrogens with zero attached hydrogens (tertiary/aromatic N) is 5. The number of carbonyl (C=O) groups excluding carboxylic acids is 1. The molecule has 0 bridgehead atoms. The van der Waals surface area contributed by atoms with Crippen LogP contribution < -0.4 is 15.4 Å². The first-order chi connectivity index (χ1) is 14.1. The summed E-state index contributed by atoms with van der Waals surface area (Å²) in [5.74, 6) is -1.03. The van der Waals surface area contributed by atoms with E-state index < -0.39 is 12.6 Å². The monoisotopic (exact) mass is 388 g/mol. The molecule has 0 fully saturated rings. The fourth-order valence-electron chi connectivity index (χ4n) is 2.72. The van der Waals surface area contributed by atoms with E-state index in [-0.39, 0.29) is 5.56 Å². The number of hydrogen-bond donors (Lipinski definition) is 0. The first kappa shape index (κ1) is 18.1. The highest BCUT2D eigenvalue weighted by atomic mass is 16.5. The number of rotatable bonds is 6. The summed E-state index contributed by atoms with van der Waals surface area (Å²) in [6.45, 7) is -0.586. The molecule has 0 aliphatic rings. The van der Waals surface area contributed by atoms with Crippen LogP contribution in [0.2, 0.25) is 0 Å². The summed E-state index contributed by atoms with van der Waals surface area (Å²) in [6.07, 6.45) is 4.13. The Bertz CT molecular complexity index is 1260. The molecule has 2 heterocycles. The van der Waals surface area contributed by atoms with Gasteiger partial charge in [0.05, 0.1) is 24.1 Å². The highest BCUT2D eigenvalue weighted by Crippen LogP contribution is 2.16. The van der Waals surface area contributed by atoms with E-state index in [0.29, 0.717) is 22.3 Å². The maximum atomic E-state index is 12.7. The van der Waals surface area contributed by atoms with Crippen molar-refractivity contribution in [2.24, 2.45) is 5.10 Å². The molecule has 0 amide bonds. The molecule has 0 aliphatic carbocycles. The van der Waals surface area contributed by atoms with Gasteiger partial charge in [0.15, 0.2) is 5.65 Å². The molecule has 0 saturated heterocycles. The van der Waals surface area contributed by atoms with E-state index in [1.165, 1.54) is 18.7 Å². The van der Waals surface area contributed by atoms with Crippen LogP contribution in [0.15, 0.2) is 77.0 Å². The first-order valence-corrected chi connectivity index (χ1v) is 8.60. The van der Waals surface area contributed by atoms with E-state index in [1.807, 2.05) is 30.3 Å². The van der Waals surface area contributed by atoms with E-state index >= 15 is 0 Å². The van der Waals surface area contributed by atoms with E-state index in [1.54, 1.807) is 28.9 Å². The van der Waals surface area contributed by atoms with Crippen molar-refractivity contribution in [3.63, 3.8) is 0 Å². The number of carbonyl (C=O) groups is 1. The molecule has 9 nitrogen and oxygen atoms in total. The number of carboxylic acid groups (broad SMARTS) is 1. The molecule has 0 aliphatic heterocycles. The SMILES string of the molecule is O=C([O-])COc1ccccc1/C=N\n1cnc2c(cnn2-c2ccccc2)c1=O. The Morgan fingerprint density at radius 1 is 1.14 bits per heavy atom. The highest BCUT2D eigenvalue weighted by Gasteiger charge is 2.11. The lowest BCUT2D eigenvalue weighted by atomic mass is 10.2. The van der Waals surface area contributed by atoms with Crippen LogP contribution in [0.1, 0.15) is 5.56 Å². The molecule has 0 atom stereocenters. The molecular formula is C20H14N5O4-. The average Bonchev–Trinajstić information content (AvgIpc) is 3.18. The van der Waals surface area contributed by atoms with Gasteiger partial charge in [-0.2, -0.15) is 14.9 Å². The Kier molecular flexibility index (Phi) is 4.85. The number of carboxylic acids is 1. The van der Waals surface area contributed by atoms with Crippen molar-refractivity contribution in [3.8, 4) is 11.4 Å². The maximum Gasteiger partial charge on any atom is 0.285 e. The minimum atomic E-state index is -1.34. The normalized spacial score (nSPS) is 11.2. The van der Waals surface area contributed by atoms with E-state index in [2.05, 4.69) is 15.2 Å². The van der Waals surface area contributed by atoms with Crippen molar-refractivity contribution < 1.29 is 14.6 Å². The van der Waals surface area contributed by atoms with Crippen molar-refractivity contribution in [2.75, 3.05) is 6.61 Å². The molecule has 2 aromatic carbocycles. The quantitative estimate of drug-likeness (QED) is 0.447. The summed E-state index contributed by atoms with van der Waals surface area (Å²) in [4.78, 5) is 27.6. The van der Waals surface area contributed by atoms with Gasteiger partial charge in [-0.3, -0.25) is 4.79 Å². The van der Waals surface area contributed by atoms with Crippen LogP contribution in [0.4, 0.5) is 0 Å². The van der Waals surface area contributed by atoms with E-state index in [9.17, 15) is 14.7 Å². The van der Waals surface area contributed by atoms with Crippen LogP contribution >= 0.6 is 0 Å². The second kappa shape index (κ2) is 7.77. The second-order valence-corrected chi connectivity index (χ2v) is 5.97. The highest BCUT2D eigenvalue weighted by molar-refractivity contribution is 5.83. The Hall–Kier alpha value is -4.27. The Labute approximate surface area is 164 Å². The Balaban J connectivity index is 1.67. The topological polar surface area (TPSA) is 114 Å². The molecular weight excluding hydrogens is 374 g/mol. The molecule has 2 aromatic heterocycles. The van der Waals surface area contributed by atoms with Gasteiger partial charge in [-0.05, 0) is 24.3 Å². The number of para-hydroxylation sites is 2. The molecule has 0 radical (unpaired) electrons. The molecule has 4 aromatic rings. The van der Waals surface area contributed by atoms with Gasteiger partial charge in [-0.15, -0.1) is 0 Å². The minimum absolute atomic E-state index is 0.305. The average molecular weight is 388 g/mol. The number of aromatic nitrogens is 4. The number of fused-ring (bicyclic) bond motifs is 1. The van der Waals surface area contributed by atoms with Crippen LogP contribution in [-0.2, 0) is 4.79 Å². The van der Waals surface area contributed by atoms with E-state index in [0.717, 1.165) is 10.4 Å². The van der Waals surface area contributed by atoms with Crippen molar-refractivity contribution in [1.29, 1.82) is 0 Å². The molecule has 0 N–H and O–H groups in total. The van der Waals surface area contributed by atoms with Gasteiger partial charge in [0.2, 0.25) is 0 Å². The lowest BCUT2D eigenvalue weighted by Gasteiger charge is -2.09. The Morgan fingerprint density at radius 3 is 2.69 bits per heavy atom. The molecule has 144 valence electrons. The lowest BCUT2D eigenvalue weighted by molar-refractivity contribution is -0.307. The number of benzene rings is 2. The first-order valence-electron chi connectivity index (χ1n) is 8.60. The number of aliphatic carboxylic acids is 1. The fourth-order valence-corrected chi connectivity index (χ4v) is 2.72. The van der Waals surface area contributed by atoms with Gasteiger partial charge in [-0.1, -0.05) is 30.3 Å². The predicted molar refractivity (Wildman–Crippen MR) is 103 cm³/mol. The summed E-state index contributed by atoms with van der Waals surface area (Å²) in [7, 11) is 0. The summed E-state index contributed by atoms with van der Waals surface area (Å²) < 4.78 is 7.83. The third kappa shape index (κ3) is 3.74. The molecule has 4 rings (SSSR count). The third-order valence-electron chi connectivity index (χ3n) is 4.06. The standard InChI is InChI=1S/C20H15N5O4/c26-18(27)12-29-17-9-5-4-6-14(17)10-22-24-13-21-19-16(20(24)28)11-23-25(19)15-7-2-1-3-8-15/h1-11,13H,12H2,(H,26,27)/p-1/b22-10-. The van der Waals surface area contributed by atoms with Gasteiger partial charge in [0.1, 0.15) is 24.1 Å². The molecule has 0 saturated carbocycles. The smallest absolute Gasteiger partial charge is 0.285 e. The molecule has 9 heteroatoms. The third-order valence-corrected chi connectivity index (χ3v) is 4.06. The van der Waals surface area contributed by atoms with Gasteiger partial charge in [0, 0.05) is 5.56 Å². The molecule has 29 heavy (non-hydrogen) atoms. The summed E-state index contributed by atoms with van der Waals surface area (Å²) in [5, 5.41) is 19.3. The van der Waals surface area contributed by atoms with Crippen molar-refractivity contribution in [1.82, 2.24) is 19.4 Å². The zero-order valence-corrected chi connectivity index (χ0v) is 15.0.